The molecule has 590 valence electrons. The number of nitrogens with zero attached hydrogens (tertiary/aromatic N) is 2. The third-order valence-electron chi connectivity index (χ3n) is 18.3. The van der Waals surface area contributed by atoms with E-state index in [4.69, 9.17) is 43.6 Å². The maximum absolute atomic E-state index is 14.7. The Morgan fingerprint density at radius 1 is 0.587 bits per heavy atom. The summed E-state index contributed by atoms with van der Waals surface area (Å²) in [6.45, 7) is 1.32. The van der Waals surface area contributed by atoms with Crippen molar-refractivity contribution in [2.75, 3.05) is 52.7 Å². The van der Waals surface area contributed by atoms with E-state index in [1.807, 2.05) is 0 Å². The van der Waals surface area contributed by atoms with Crippen molar-refractivity contribution in [1.29, 1.82) is 0 Å². The van der Waals surface area contributed by atoms with Gasteiger partial charge in [-0.15, -0.1) is 0 Å². The lowest BCUT2D eigenvalue weighted by Crippen LogP contribution is -2.72. The SMILES string of the molecule is CC(=O)NCC(=O)NC(CO)C(=O)NC(C(=O)NC(C)C(=O)N1CCCC1C(=O)N1CCCC1C(=O)NC(C)C(N)=O)C(C)O[C@H]1OC(CO)[C@H](O)[C@H](O[C@@H]2OC(CO)[C@@H](O[C@@H]3OC(CO)[C@H](O)[C@H](O[C@]4(C(=O)O)CC(O)[C@@H](NC(C)=O)C([C@H](O)[C@H](O)CO)O4)C3O)[C@H](O)C2NC(C)=O)C1NC(C)=O. The fraction of sp³-hybridized carbons (Fsp3) is 0.800. The third-order valence-corrected chi connectivity index (χ3v) is 18.3. The van der Waals surface area contributed by atoms with Crippen molar-refractivity contribution in [3.05, 3.63) is 0 Å². The van der Waals surface area contributed by atoms with E-state index in [1.165, 1.54) is 23.6 Å². The minimum atomic E-state index is -3.25. The van der Waals surface area contributed by atoms with Crippen LogP contribution >= 0.6 is 0 Å². The summed E-state index contributed by atoms with van der Waals surface area (Å²) < 4.78 is 47.6. The van der Waals surface area contributed by atoms with E-state index >= 15 is 0 Å². The molecule has 44 heteroatoms. The zero-order valence-electron chi connectivity index (χ0n) is 57.7. The number of ether oxygens (including phenoxy) is 8. The number of aliphatic hydroxyl groups is 12. The maximum Gasteiger partial charge on any atom is 0.364 e. The van der Waals surface area contributed by atoms with E-state index in [0.29, 0.717) is 12.8 Å². The number of nitrogens with one attached hydrogen (secondary N) is 8. The van der Waals surface area contributed by atoms with Crippen molar-refractivity contribution < 1.29 is 162 Å². The molecular formula is C60H97N11O33. The quantitative estimate of drug-likeness (QED) is 0.0297. The fourth-order valence-corrected chi connectivity index (χ4v) is 12.9. The van der Waals surface area contributed by atoms with Crippen molar-refractivity contribution in [2.24, 2.45) is 5.73 Å². The highest BCUT2D eigenvalue weighted by Gasteiger charge is 2.61. The van der Waals surface area contributed by atoms with Gasteiger partial charge in [-0.25, -0.2) is 4.79 Å². The van der Waals surface area contributed by atoms with Gasteiger partial charge >= 0.3 is 5.97 Å². The second-order valence-electron chi connectivity index (χ2n) is 26.0. The molecule has 15 unspecified atom stereocenters. The van der Waals surface area contributed by atoms with Crippen LogP contribution in [0.4, 0.5) is 0 Å². The minimum Gasteiger partial charge on any atom is -0.477 e. The molecular weight excluding hydrogens is 1400 g/mol. The summed E-state index contributed by atoms with van der Waals surface area (Å²) in [4.78, 5) is 161. The highest BCUT2D eigenvalue weighted by Crippen LogP contribution is 2.40. The average Bonchev–Trinajstić information content (AvgIpc) is 1.00. The van der Waals surface area contributed by atoms with Crippen molar-refractivity contribution in [1.82, 2.24) is 52.3 Å². The van der Waals surface area contributed by atoms with Gasteiger partial charge in [0.15, 0.2) is 18.9 Å². The fourth-order valence-electron chi connectivity index (χ4n) is 12.9. The first-order chi connectivity index (χ1) is 48.9. The van der Waals surface area contributed by atoms with Gasteiger partial charge in [0, 0.05) is 47.2 Å². The largest absolute Gasteiger partial charge is 0.477 e. The normalized spacial score (nSPS) is 34.1. The van der Waals surface area contributed by atoms with E-state index in [-0.39, 0.29) is 25.9 Å². The molecule has 0 aromatic rings. The van der Waals surface area contributed by atoms with Crippen LogP contribution in [0.15, 0.2) is 0 Å². The number of likely N-dealkylation sites (tertiary alicyclic amines) is 2. The minimum absolute atomic E-state index is 0.0106. The molecule has 0 aromatic carbocycles. The number of carbonyl (C=O) groups excluding carboxylic acids is 11. The van der Waals surface area contributed by atoms with Crippen LogP contribution in [-0.4, -0.2) is 370 Å². The van der Waals surface area contributed by atoms with E-state index < -0.39 is 288 Å². The highest BCUT2D eigenvalue weighted by molar-refractivity contribution is 5.98. The predicted molar refractivity (Wildman–Crippen MR) is 338 cm³/mol. The van der Waals surface area contributed by atoms with E-state index in [9.17, 15) is 124 Å². The zero-order valence-corrected chi connectivity index (χ0v) is 57.7. The summed E-state index contributed by atoms with van der Waals surface area (Å²) in [6, 6.07) is -14.3. The standard InChI is InChI=1S/C60H97N11O33/c1-21(50(61)89)63-52(91)29-10-8-12-70(29)55(94)30-11-9-13-71(30)54(93)22(2)64-53(92)37(69-51(90)28(16-72)68-36(83)15-62-24(4)77)23(3)97-57-40(67-27(7)80)47(42(85)33(18-74)98-57)102-56-39(66-26(6)79)44(87)46(35(20-76)100-56)101-58-45(88)49(43(86)34(19-75)99-58)104-60(59(95)96)14-31(81)38(65-25(5)78)48(103-60)41(84)32(82)17-73/h21-23,28-35,37-49,56-58,72-76,81-82,84-88H,8-20H2,1-7H3,(H2,61,89)(H,62,77)(H,63,91)(H,64,92)(H,65,78)(H,66,79)(H,67,80)(H,68,83)(H,69,90)(H,95,96)/t21?,22?,23?,28?,29?,30?,31?,32-,33?,34?,35?,37?,38-,39?,40?,41-,42+,43+,44-,45?,46-,47-,48?,49+,56+,57+,58+,60+/m1/s1. The Kier molecular flexibility index (Phi) is 31.2. The summed E-state index contributed by atoms with van der Waals surface area (Å²) >= 11 is 0. The van der Waals surface area contributed by atoms with Crippen molar-refractivity contribution in [2.45, 2.75) is 251 Å². The molecule has 6 rings (SSSR count). The molecule has 6 heterocycles. The smallest absolute Gasteiger partial charge is 0.364 e. The van der Waals surface area contributed by atoms with E-state index in [0.717, 1.165) is 34.6 Å². The molecule has 0 aromatic heterocycles. The van der Waals surface area contributed by atoms with Crippen molar-refractivity contribution in [3.63, 3.8) is 0 Å². The predicted octanol–water partition coefficient (Wildman–Crippen LogP) is -14.1. The number of aliphatic hydroxyl groups excluding tert-OH is 12. The average molecular weight is 1500 g/mol. The topological polar surface area (TPSA) is 670 Å². The molecule has 0 saturated carbocycles. The van der Waals surface area contributed by atoms with Gasteiger partial charge in [0.2, 0.25) is 65.0 Å². The molecule has 44 nitrogen and oxygen atoms in total. The summed E-state index contributed by atoms with van der Waals surface area (Å²) in [5.41, 5.74) is 5.33. The molecule has 0 aliphatic carbocycles. The molecule has 11 amide bonds. The molecule has 6 fully saturated rings. The molecule has 6 aliphatic rings. The summed E-state index contributed by atoms with van der Waals surface area (Å²) in [5, 5.41) is 161. The van der Waals surface area contributed by atoms with Crippen LogP contribution in [-0.2, 0) is 95.4 Å². The Hall–Kier alpha value is -7.16. The van der Waals surface area contributed by atoms with Crippen LogP contribution in [0.5, 0.6) is 0 Å². The number of nitrogens with two attached hydrogens (primary N) is 1. The van der Waals surface area contributed by atoms with Gasteiger partial charge in [-0.2, -0.15) is 0 Å². The lowest BCUT2D eigenvalue weighted by molar-refractivity contribution is -0.385. The molecule has 0 bridgehead atoms. The molecule has 0 radical (unpaired) electrons. The summed E-state index contributed by atoms with van der Waals surface area (Å²) in [5.74, 6) is -15.2. The van der Waals surface area contributed by atoms with E-state index in [1.54, 1.807) is 0 Å². The van der Waals surface area contributed by atoms with Crippen molar-refractivity contribution in [3.8, 4) is 0 Å². The number of aliphatic carboxylic acids is 1. The number of carboxylic acids is 1. The lowest BCUT2D eigenvalue weighted by Gasteiger charge is -2.51. The van der Waals surface area contributed by atoms with Crippen LogP contribution in [0.25, 0.3) is 0 Å². The number of primary amides is 1. The Morgan fingerprint density at radius 3 is 1.69 bits per heavy atom. The number of rotatable bonds is 32. The zero-order chi connectivity index (χ0) is 77.7. The summed E-state index contributed by atoms with van der Waals surface area (Å²) in [7, 11) is 0. The molecule has 28 atom stereocenters. The van der Waals surface area contributed by atoms with Gasteiger partial charge in [-0.3, -0.25) is 52.7 Å². The van der Waals surface area contributed by atoms with Gasteiger partial charge in [-0.05, 0) is 46.5 Å². The van der Waals surface area contributed by atoms with E-state index in [2.05, 4.69) is 42.5 Å². The monoisotopic (exact) mass is 1500 g/mol. The Morgan fingerprint density at radius 2 is 1.13 bits per heavy atom. The molecule has 0 spiro atoms. The number of carboxylic acid groups (broad SMARTS) is 1. The third kappa shape index (κ3) is 20.7. The van der Waals surface area contributed by atoms with Crippen LogP contribution in [0.1, 0.15) is 80.6 Å². The number of amides is 11. The van der Waals surface area contributed by atoms with Gasteiger partial charge in [-0.1, -0.05) is 0 Å². The molecule has 104 heavy (non-hydrogen) atoms. The van der Waals surface area contributed by atoms with Gasteiger partial charge in [0.05, 0.1) is 57.8 Å². The van der Waals surface area contributed by atoms with Crippen LogP contribution in [0.2, 0.25) is 0 Å². The van der Waals surface area contributed by atoms with Gasteiger partial charge in [0.1, 0.15) is 128 Å². The lowest BCUT2D eigenvalue weighted by atomic mass is 9.88. The van der Waals surface area contributed by atoms with Crippen LogP contribution in [0.3, 0.4) is 0 Å². The second kappa shape index (κ2) is 37.9. The maximum atomic E-state index is 14.7. The van der Waals surface area contributed by atoms with Crippen LogP contribution < -0.4 is 48.3 Å². The molecule has 6 saturated heterocycles. The van der Waals surface area contributed by atoms with Gasteiger partial charge in [0.25, 0.3) is 5.79 Å². The first kappa shape index (κ1) is 85.8. The molecule has 6 aliphatic heterocycles. The Bertz CT molecular complexity index is 3040. The first-order valence-electron chi connectivity index (χ1n) is 33.4. The number of hydrogen-bond donors (Lipinski definition) is 22. The Labute approximate surface area is 593 Å². The van der Waals surface area contributed by atoms with Crippen molar-refractivity contribution >= 4 is 70.9 Å². The first-order valence-corrected chi connectivity index (χ1v) is 33.4. The second-order valence-corrected chi connectivity index (χ2v) is 26.0. The number of hydrogen-bond acceptors (Lipinski definition) is 32. The highest BCUT2D eigenvalue weighted by atomic mass is 16.8. The Balaban J connectivity index is 1.28. The van der Waals surface area contributed by atoms with Gasteiger partial charge < -0.3 is 162 Å². The molecule has 23 N–H and O–H groups in total. The summed E-state index contributed by atoms with van der Waals surface area (Å²) in [6.07, 6.45) is -38.2. The van der Waals surface area contributed by atoms with Crippen LogP contribution in [0, 0.1) is 0 Å². The number of carbonyl (C=O) groups is 12.